The van der Waals surface area contributed by atoms with E-state index in [2.05, 4.69) is 31.3 Å². The van der Waals surface area contributed by atoms with E-state index in [1.54, 1.807) is 0 Å². The zero-order chi connectivity index (χ0) is 19.7. The fraction of sp³-hybridized carbons (Fsp3) is 0.381. The Hall–Kier alpha value is -2.41. The van der Waals surface area contributed by atoms with E-state index in [4.69, 9.17) is 4.42 Å². The first kappa shape index (κ1) is 18.9. The third-order valence-electron chi connectivity index (χ3n) is 5.22. The molecular formula is C21H23BrN4O2. The molecule has 1 amide bonds. The van der Waals surface area contributed by atoms with Crippen molar-refractivity contribution < 1.29 is 9.21 Å². The molecule has 0 radical (unpaired) electrons. The molecule has 0 spiro atoms. The lowest BCUT2D eigenvalue weighted by molar-refractivity contribution is -0.122. The third kappa shape index (κ3) is 3.90. The summed E-state index contributed by atoms with van der Waals surface area (Å²) in [5.41, 5.74) is 4.19. The lowest BCUT2D eigenvalue weighted by Gasteiger charge is -2.23. The minimum atomic E-state index is 0.0164. The molecule has 4 rings (SSSR count). The second-order valence-electron chi connectivity index (χ2n) is 7.21. The number of hydrogen-bond acceptors (Lipinski definition) is 4. The van der Waals surface area contributed by atoms with E-state index < -0.39 is 0 Å². The maximum absolute atomic E-state index is 12.5. The van der Waals surface area contributed by atoms with E-state index in [9.17, 15) is 4.79 Å². The maximum Gasteiger partial charge on any atom is 0.220 e. The third-order valence-corrected chi connectivity index (χ3v) is 5.75. The number of halogens is 1. The van der Waals surface area contributed by atoms with Gasteiger partial charge in [-0.2, -0.15) is 5.10 Å². The van der Waals surface area contributed by atoms with Crippen molar-refractivity contribution in [3.05, 3.63) is 57.8 Å². The Bertz CT molecular complexity index is 991. The zero-order valence-electron chi connectivity index (χ0n) is 16.0. The van der Waals surface area contributed by atoms with Gasteiger partial charge in [0.1, 0.15) is 0 Å². The molecule has 0 saturated heterocycles. The van der Waals surface area contributed by atoms with Crippen LogP contribution in [0.5, 0.6) is 0 Å². The fourth-order valence-electron chi connectivity index (χ4n) is 3.77. The number of aryl methyl sites for hydroxylation is 3. The first-order chi connectivity index (χ1) is 13.5. The lowest BCUT2D eigenvalue weighted by atomic mass is 9.93. The van der Waals surface area contributed by atoms with E-state index in [1.165, 1.54) is 5.69 Å². The minimum absolute atomic E-state index is 0.0164. The number of rotatable bonds is 5. The topological polar surface area (TPSA) is 73.0 Å². The number of nitrogens with one attached hydrogen (secondary N) is 1. The summed E-state index contributed by atoms with van der Waals surface area (Å²) < 4.78 is 8.85. The molecule has 1 N–H and O–H groups in total. The van der Waals surface area contributed by atoms with Gasteiger partial charge >= 0.3 is 0 Å². The summed E-state index contributed by atoms with van der Waals surface area (Å²) in [6, 6.07) is 7.97. The van der Waals surface area contributed by atoms with Crippen LogP contribution >= 0.6 is 15.9 Å². The van der Waals surface area contributed by atoms with Crippen molar-refractivity contribution in [1.29, 1.82) is 0 Å². The van der Waals surface area contributed by atoms with Crippen LogP contribution in [-0.2, 0) is 24.7 Å². The van der Waals surface area contributed by atoms with E-state index in [0.29, 0.717) is 18.7 Å². The predicted molar refractivity (Wildman–Crippen MR) is 110 cm³/mol. The van der Waals surface area contributed by atoms with Gasteiger partial charge in [0.2, 0.25) is 5.91 Å². The van der Waals surface area contributed by atoms with Gasteiger partial charge in [0.15, 0.2) is 11.7 Å². The van der Waals surface area contributed by atoms with Crippen LogP contribution in [0.25, 0.3) is 11.3 Å². The van der Waals surface area contributed by atoms with Gasteiger partial charge in [0, 0.05) is 41.2 Å². The number of carbonyl (C=O) groups is 1. The summed E-state index contributed by atoms with van der Waals surface area (Å²) >= 11 is 3.44. The molecule has 0 saturated carbocycles. The minimum Gasteiger partial charge on any atom is -0.440 e. The predicted octanol–water partition coefficient (Wildman–Crippen LogP) is 4.27. The molecule has 1 aliphatic rings. The van der Waals surface area contributed by atoms with E-state index in [1.807, 2.05) is 49.1 Å². The molecule has 3 aromatic rings. The van der Waals surface area contributed by atoms with Crippen LogP contribution in [0, 0.1) is 6.92 Å². The molecule has 6 nitrogen and oxygen atoms in total. The lowest BCUT2D eigenvalue weighted by Crippen LogP contribution is -2.31. The Morgan fingerprint density at radius 3 is 2.93 bits per heavy atom. The number of amides is 1. The standard InChI is InChI=1S/C21H23BrN4O2/c1-13-21(14-6-8-15(22)9-7-14)28-20(24-13)11-10-19(27)25-17-4-3-5-18-16(17)12-23-26(18)2/h6-9,12,17H,3-5,10-11H2,1-2H3,(H,25,27). The van der Waals surface area contributed by atoms with Crippen molar-refractivity contribution in [2.24, 2.45) is 7.05 Å². The van der Waals surface area contributed by atoms with Crippen molar-refractivity contribution in [2.75, 3.05) is 0 Å². The Morgan fingerprint density at radius 2 is 2.14 bits per heavy atom. The van der Waals surface area contributed by atoms with Crippen LogP contribution in [0.2, 0.25) is 0 Å². The average molecular weight is 443 g/mol. The summed E-state index contributed by atoms with van der Waals surface area (Å²) in [6.45, 7) is 1.93. The highest BCUT2D eigenvalue weighted by molar-refractivity contribution is 9.10. The summed E-state index contributed by atoms with van der Waals surface area (Å²) in [4.78, 5) is 17.0. The zero-order valence-corrected chi connectivity index (χ0v) is 17.6. The molecule has 146 valence electrons. The van der Waals surface area contributed by atoms with Crippen molar-refractivity contribution in [1.82, 2.24) is 20.1 Å². The van der Waals surface area contributed by atoms with E-state index in [0.717, 1.165) is 46.3 Å². The van der Waals surface area contributed by atoms with Crippen LogP contribution < -0.4 is 5.32 Å². The molecule has 0 aliphatic heterocycles. The number of oxazole rings is 1. The molecule has 1 atom stereocenters. The van der Waals surface area contributed by atoms with Gasteiger partial charge < -0.3 is 9.73 Å². The van der Waals surface area contributed by atoms with E-state index in [-0.39, 0.29) is 11.9 Å². The molecule has 0 fully saturated rings. The number of hydrogen-bond donors (Lipinski definition) is 1. The highest BCUT2D eigenvalue weighted by atomic mass is 79.9. The average Bonchev–Trinajstić information content (AvgIpc) is 3.24. The molecule has 1 aromatic carbocycles. The van der Waals surface area contributed by atoms with Crippen LogP contribution in [-0.4, -0.2) is 20.7 Å². The highest BCUT2D eigenvalue weighted by Gasteiger charge is 2.24. The quantitative estimate of drug-likeness (QED) is 0.639. The van der Waals surface area contributed by atoms with Crippen molar-refractivity contribution in [3.63, 3.8) is 0 Å². The largest absolute Gasteiger partial charge is 0.440 e. The number of aromatic nitrogens is 3. The van der Waals surface area contributed by atoms with Gasteiger partial charge in [-0.15, -0.1) is 0 Å². The Kier molecular flexibility index (Phi) is 5.35. The van der Waals surface area contributed by atoms with E-state index >= 15 is 0 Å². The van der Waals surface area contributed by atoms with Crippen molar-refractivity contribution >= 4 is 21.8 Å². The van der Waals surface area contributed by atoms with Crippen molar-refractivity contribution in [2.45, 2.75) is 45.1 Å². The maximum atomic E-state index is 12.5. The summed E-state index contributed by atoms with van der Waals surface area (Å²) in [5, 5.41) is 7.48. The number of benzene rings is 1. The second-order valence-corrected chi connectivity index (χ2v) is 8.13. The number of nitrogens with zero attached hydrogens (tertiary/aromatic N) is 3. The molecular weight excluding hydrogens is 420 g/mol. The van der Waals surface area contributed by atoms with Crippen LogP contribution in [0.1, 0.15) is 48.1 Å². The normalized spacial score (nSPS) is 16.0. The Balaban J connectivity index is 1.38. The molecule has 1 unspecified atom stereocenters. The van der Waals surface area contributed by atoms with Crippen LogP contribution in [0.15, 0.2) is 39.4 Å². The summed E-state index contributed by atoms with van der Waals surface area (Å²) in [7, 11) is 1.96. The van der Waals surface area contributed by atoms with Gasteiger partial charge in [-0.05, 0) is 38.3 Å². The van der Waals surface area contributed by atoms with Gasteiger partial charge in [-0.25, -0.2) is 4.98 Å². The molecule has 0 bridgehead atoms. The molecule has 2 heterocycles. The van der Waals surface area contributed by atoms with Crippen LogP contribution in [0.4, 0.5) is 0 Å². The molecule has 28 heavy (non-hydrogen) atoms. The first-order valence-electron chi connectivity index (χ1n) is 9.53. The second kappa shape index (κ2) is 7.91. The fourth-order valence-corrected chi connectivity index (χ4v) is 4.04. The van der Waals surface area contributed by atoms with Crippen molar-refractivity contribution in [3.8, 4) is 11.3 Å². The Labute approximate surface area is 172 Å². The Morgan fingerprint density at radius 1 is 1.36 bits per heavy atom. The SMILES string of the molecule is Cc1nc(CCC(=O)NC2CCCc3c2cnn3C)oc1-c1ccc(Br)cc1. The van der Waals surface area contributed by atoms with Gasteiger partial charge in [-0.1, -0.05) is 28.1 Å². The number of fused-ring (bicyclic) bond motifs is 1. The summed E-state index contributed by atoms with van der Waals surface area (Å²) in [6.07, 6.45) is 5.75. The highest BCUT2D eigenvalue weighted by Crippen LogP contribution is 2.29. The monoisotopic (exact) mass is 442 g/mol. The molecule has 2 aromatic heterocycles. The summed E-state index contributed by atoms with van der Waals surface area (Å²) in [5.74, 6) is 1.37. The van der Waals surface area contributed by atoms with Gasteiger partial charge in [0.05, 0.1) is 17.9 Å². The van der Waals surface area contributed by atoms with Gasteiger partial charge in [0.25, 0.3) is 0 Å². The van der Waals surface area contributed by atoms with Crippen LogP contribution in [0.3, 0.4) is 0 Å². The number of carbonyl (C=O) groups excluding carboxylic acids is 1. The molecule has 1 aliphatic carbocycles. The first-order valence-corrected chi connectivity index (χ1v) is 10.3. The van der Waals surface area contributed by atoms with Gasteiger partial charge in [-0.3, -0.25) is 9.48 Å². The molecule has 7 heteroatoms. The smallest absolute Gasteiger partial charge is 0.220 e.